The second-order valence-corrected chi connectivity index (χ2v) is 6.23. The molecule has 0 bridgehead atoms. The number of aliphatic imine (C=N–C) groups is 1. The third-order valence-electron chi connectivity index (χ3n) is 4.47. The predicted octanol–water partition coefficient (Wildman–Crippen LogP) is 2.27. The van der Waals surface area contributed by atoms with Crippen molar-refractivity contribution >= 4 is 29.9 Å². The minimum atomic E-state index is -4.21. The van der Waals surface area contributed by atoms with Crippen LogP contribution in [0.3, 0.4) is 0 Å². The van der Waals surface area contributed by atoms with Crippen molar-refractivity contribution in [3.05, 3.63) is 30.1 Å². The van der Waals surface area contributed by atoms with Crippen LogP contribution in [-0.2, 0) is 0 Å². The molecule has 0 amide bonds. The van der Waals surface area contributed by atoms with Crippen LogP contribution in [0.2, 0.25) is 0 Å². The number of guanidine groups is 1. The van der Waals surface area contributed by atoms with Crippen molar-refractivity contribution in [2.75, 3.05) is 39.3 Å². The number of piperazine rings is 1. The van der Waals surface area contributed by atoms with Gasteiger partial charge in [0.25, 0.3) is 0 Å². The quantitative estimate of drug-likeness (QED) is 0.369. The Morgan fingerprint density at radius 3 is 2.37 bits per heavy atom. The van der Waals surface area contributed by atoms with Crippen LogP contribution in [0.1, 0.15) is 25.5 Å². The Hall–Kier alpha value is -1.14. The lowest BCUT2D eigenvalue weighted by atomic mass is 10.1. The van der Waals surface area contributed by atoms with Crippen LogP contribution in [-0.4, -0.2) is 77.3 Å². The van der Waals surface area contributed by atoms with Crippen LogP contribution >= 0.6 is 24.0 Å². The molecule has 2 unspecified atom stereocenters. The molecule has 0 saturated carbocycles. The van der Waals surface area contributed by atoms with Crippen molar-refractivity contribution in [2.45, 2.75) is 32.2 Å². The zero-order valence-corrected chi connectivity index (χ0v) is 17.8. The molecule has 0 spiro atoms. The highest BCUT2D eigenvalue weighted by Crippen LogP contribution is 2.25. The number of aliphatic hydroxyl groups excluding tert-OH is 1. The second kappa shape index (κ2) is 11.0. The van der Waals surface area contributed by atoms with Gasteiger partial charge in [0.05, 0.1) is 12.6 Å². The summed E-state index contributed by atoms with van der Waals surface area (Å²) in [5.41, 5.74) is 0.725. The maximum absolute atomic E-state index is 12.9. The zero-order valence-electron chi connectivity index (χ0n) is 15.5. The van der Waals surface area contributed by atoms with Crippen molar-refractivity contribution in [3.8, 4) is 0 Å². The van der Waals surface area contributed by atoms with E-state index in [2.05, 4.69) is 15.3 Å². The largest absolute Gasteiger partial charge is 0.403 e. The number of aromatic nitrogens is 1. The fraction of sp³-hybridized carbons (Fsp3) is 0.647. The molecule has 2 heterocycles. The number of hydrogen-bond donors (Lipinski definition) is 2. The van der Waals surface area contributed by atoms with Gasteiger partial charge in [-0.3, -0.25) is 14.9 Å². The van der Waals surface area contributed by atoms with E-state index in [1.807, 2.05) is 11.8 Å². The molecule has 1 aromatic rings. The van der Waals surface area contributed by atoms with Gasteiger partial charge in [0.15, 0.2) is 5.96 Å². The number of rotatable bonds is 5. The molecule has 0 aromatic carbocycles. The summed E-state index contributed by atoms with van der Waals surface area (Å²) in [6.45, 7) is 5.48. The smallest absolute Gasteiger partial charge is 0.386 e. The van der Waals surface area contributed by atoms with E-state index < -0.39 is 18.3 Å². The molecule has 1 aliphatic rings. The van der Waals surface area contributed by atoms with Gasteiger partial charge in [-0.25, -0.2) is 0 Å². The van der Waals surface area contributed by atoms with E-state index in [1.165, 1.54) is 11.8 Å². The molecule has 2 atom stereocenters. The Morgan fingerprint density at radius 1 is 1.26 bits per heavy atom. The Labute approximate surface area is 174 Å². The van der Waals surface area contributed by atoms with Crippen LogP contribution in [0.4, 0.5) is 13.2 Å². The number of nitrogens with one attached hydrogen (secondary N) is 1. The Morgan fingerprint density at radius 2 is 1.85 bits per heavy atom. The lowest BCUT2D eigenvalue weighted by Gasteiger charge is -2.39. The highest BCUT2D eigenvalue weighted by molar-refractivity contribution is 14.0. The second-order valence-electron chi connectivity index (χ2n) is 6.23. The molecule has 1 aliphatic heterocycles. The van der Waals surface area contributed by atoms with E-state index in [0.29, 0.717) is 38.7 Å². The average Bonchev–Trinajstić information content (AvgIpc) is 2.64. The molecule has 154 valence electrons. The first-order valence-corrected chi connectivity index (χ1v) is 8.75. The van der Waals surface area contributed by atoms with Crippen LogP contribution < -0.4 is 5.32 Å². The van der Waals surface area contributed by atoms with E-state index in [0.717, 1.165) is 5.56 Å². The lowest BCUT2D eigenvalue weighted by Crippen LogP contribution is -2.56. The SMILES string of the molecule is CCNC(=NCC(O)c1ccncc1)N1CCN(C(C)C(F)(F)F)CC1.I. The number of pyridine rings is 1. The summed E-state index contributed by atoms with van der Waals surface area (Å²) in [7, 11) is 0. The maximum atomic E-state index is 12.9. The third-order valence-corrected chi connectivity index (χ3v) is 4.47. The first-order chi connectivity index (χ1) is 12.3. The van der Waals surface area contributed by atoms with E-state index in [-0.39, 0.29) is 30.5 Å². The molecule has 2 rings (SSSR count). The molecule has 6 nitrogen and oxygen atoms in total. The summed E-state index contributed by atoms with van der Waals surface area (Å²) >= 11 is 0. The van der Waals surface area contributed by atoms with Gasteiger partial charge < -0.3 is 15.3 Å². The highest BCUT2D eigenvalue weighted by atomic mass is 127. The van der Waals surface area contributed by atoms with Crippen LogP contribution in [0.25, 0.3) is 0 Å². The molecule has 1 aromatic heterocycles. The Balaban J connectivity index is 0.00000364. The molecule has 0 radical (unpaired) electrons. The van der Waals surface area contributed by atoms with E-state index in [4.69, 9.17) is 0 Å². The summed E-state index contributed by atoms with van der Waals surface area (Å²) in [6.07, 6.45) is -1.75. The molecule has 2 N–H and O–H groups in total. The van der Waals surface area contributed by atoms with Crippen molar-refractivity contribution in [2.24, 2.45) is 4.99 Å². The fourth-order valence-corrected chi connectivity index (χ4v) is 2.82. The van der Waals surface area contributed by atoms with Gasteiger partial charge in [0, 0.05) is 45.1 Å². The van der Waals surface area contributed by atoms with Gasteiger partial charge in [-0.15, -0.1) is 24.0 Å². The number of hydrogen-bond acceptors (Lipinski definition) is 4. The first-order valence-electron chi connectivity index (χ1n) is 8.75. The molecule has 10 heteroatoms. The molecule has 0 aliphatic carbocycles. The van der Waals surface area contributed by atoms with Crippen molar-refractivity contribution in [1.29, 1.82) is 0 Å². The van der Waals surface area contributed by atoms with Crippen LogP contribution in [0.5, 0.6) is 0 Å². The van der Waals surface area contributed by atoms with Crippen molar-refractivity contribution in [1.82, 2.24) is 20.1 Å². The molecule has 1 fully saturated rings. The summed E-state index contributed by atoms with van der Waals surface area (Å²) < 4.78 is 38.6. The minimum Gasteiger partial charge on any atom is -0.386 e. The normalized spacial score (nSPS) is 18.6. The molecule has 1 saturated heterocycles. The van der Waals surface area contributed by atoms with Crippen molar-refractivity contribution < 1.29 is 18.3 Å². The molecular formula is C17H27F3IN5O. The molecular weight excluding hydrogens is 474 g/mol. The Bertz CT molecular complexity index is 580. The number of halogens is 4. The summed E-state index contributed by atoms with van der Waals surface area (Å²) in [5.74, 6) is 0.611. The van der Waals surface area contributed by atoms with Gasteiger partial charge in [0.1, 0.15) is 6.04 Å². The van der Waals surface area contributed by atoms with Gasteiger partial charge in [-0.2, -0.15) is 13.2 Å². The number of nitrogens with zero attached hydrogens (tertiary/aromatic N) is 4. The maximum Gasteiger partial charge on any atom is 0.403 e. The van der Waals surface area contributed by atoms with Gasteiger partial charge >= 0.3 is 6.18 Å². The monoisotopic (exact) mass is 501 g/mol. The van der Waals surface area contributed by atoms with E-state index in [1.54, 1.807) is 24.5 Å². The number of aliphatic hydroxyl groups is 1. The number of alkyl halides is 3. The third kappa shape index (κ3) is 7.07. The topological polar surface area (TPSA) is 64.0 Å². The summed E-state index contributed by atoms with van der Waals surface area (Å²) in [6, 6.07) is 2.01. The van der Waals surface area contributed by atoms with Crippen LogP contribution in [0, 0.1) is 0 Å². The minimum absolute atomic E-state index is 0. The van der Waals surface area contributed by atoms with E-state index in [9.17, 15) is 18.3 Å². The lowest BCUT2D eigenvalue weighted by molar-refractivity contribution is -0.181. The van der Waals surface area contributed by atoms with Crippen molar-refractivity contribution in [3.63, 3.8) is 0 Å². The molecule has 27 heavy (non-hydrogen) atoms. The fourth-order valence-electron chi connectivity index (χ4n) is 2.82. The van der Waals surface area contributed by atoms with Gasteiger partial charge in [-0.05, 0) is 31.5 Å². The standard InChI is InChI=1S/C17H26F3N5O.HI/c1-3-22-16(23-12-15(26)14-4-6-21-7-5-14)25-10-8-24(9-11-25)13(2)17(18,19)20;/h4-7,13,15,26H,3,8-12H2,1-2H3,(H,22,23);1H. The zero-order chi connectivity index (χ0) is 19.2. The predicted molar refractivity (Wildman–Crippen MR) is 109 cm³/mol. The average molecular weight is 501 g/mol. The van der Waals surface area contributed by atoms with Crippen LogP contribution in [0.15, 0.2) is 29.5 Å². The summed E-state index contributed by atoms with van der Waals surface area (Å²) in [5, 5.41) is 13.4. The highest BCUT2D eigenvalue weighted by Gasteiger charge is 2.41. The first kappa shape index (κ1) is 23.9. The van der Waals surface area contributed by atoms with Gasteiger partial charge in [-0.1, -0.05) is 0 Å². The Kier molecular flexibility index (Phi) is 9.74. The summed E-state index contributed by atoms with van der Waals surface area (Å²) in [4.78, 5) is 11.7. The van der Waals surface area contributed by atoms with Gasteiger partial charge in [0.2, 0.25) is 0 Å². The van der Waals surface area contributed by atoms with E-state index >= 15 is 0 Å².